The van der Waals surface area contributed by atoms with Crippen LogP contribution in [0.4, 0.5) is 5.00 Å². The predicted octanol–water partition coefficient (Wildman–Crippen LogP) is 3.83. The fraction of sp³-hybridized carbons (Fsp3) is 0.0909. The van der Waals surface area contributed by atoms with Crippen LogP contribution in [-0.2, 0) is 0 Å². The monoisotopic (exact) mass is 345 g/mol. The summed E-state index contributed by atoms with van der Waals surface area (Å²) in [5, 5.41) is 13.9. The lowest BCUT2D eigenvalue weighted by Gasteiger charge is -1.98. The Bertz CT molecular complexity index is 618. The maximum absolute atomic E-state index is 11.9. The normalized spacial score (nSPS) is 10.3. The smallest absolute Gasteiger partial charge is 0.346 e. The molecule has 2 aromatic rings. The SMILES string of the molecule is Cc1cc(NC(=O)c2csc(Br)c2)sc1C(=O)O. The summed E-state index contributed by atoms with van der Waals surface area (Å²) in [5.74, 6) is -1.22. The first-order valence-electron chi connectivity index (χ1n) is 4.86. The number of aryl methyl sites for hydroxylation is 1. The first kappa shape index (κ1) is 13.3. The second-order valence-corrected chi connectivity index (χ2v) is 6.86. The molecule has 0 aliphatic rings. The van der Waals surface area contributed by atoms with E-state index in [0.29, 0.717) is 16.1 Å². The van der Waals surface area contributed by atoms with Crippen LogP contribution >= 0.6 is 38.6 Å². The fourth-order valence-corrected chi connectivity index (χ4v) is 3.41. The Balaban J connectivity index is 2.17. The summed E-state index contributed by atoms with van der Waals surface area (Å²) in [4.78, 5) is 23.0. The third kappa shape index (κ3) is 2.80. The van der Waals surface area contributed by atoms with E-state index in [-0.39, 0.29) is 10.8 Å². The number of carbonyl (C=O) groups excluding carboxylic acids is 1. The van der Waals surface area contributed by atoms with Crippen molar-refractivity contribution < 1.29 is 14.7 Å². The maximum atomic E-state index is 11.9. The molecule has 2 N–H and O–H groups in total. The number of aromatic carboxylic acids is 1. The van der Waals surface area contributed by atoms with Gasteiger partial charge in [0.25, 0.3) is 5.91 Å². The summed E-state index contributed by atoms with van der Waals surface area (Å²) in [7, 11) is 0. The fourth-order valence-electron chi connectivity index (χ4n) is 1.37. The molecule has 0 saturated heterocycles. The standard InChI is InChI=1S/C11H8BrNO3S2/c1-5-2-8(18-9(5)11(15)16)13-10(14)6-3-7(12)17-4-6/h2-4H,1H3,(H,13,14)(H,15,16). The van der Waals surface area contributed by atoms with E-state index in [0.717, 1.165) is 15.1 Å². The van der Waals surface area contributed by atoms with E-state index in [1.54, 1.807) is 24.4 Å². The predicted molar refractivity (Wildman–Crippen MR) is 76.0 cm³/mol. The second-order valence-electron chi connectivity index (χ2n) is 3.52. The van der Waals surface area contributed by atoms with Gasteiger partial charge < -0.3 is 10.4 Å². The number of halogens is 1. The lowest BCUT2D eigenvalue weighted by molar-refractivity contribution is 0.0701. The number of rotatable bonds is 3. The van der Waals surface area contributed by atoms with Gasteiger partial charge in [0.05, 0.1) is 14.4 Å². The summed E-state index contributed by atoms with van der Waals surface area (Å²) >= 11 is 5.76. The van der Waals surface area contributed by atoms with Crippen LogP contribution in [0.2, 0.25) is 0 Å². The van der Waals surface area contributed by atoms with Crippen molar-refractivity contribution in [2.75, 3.05) is 5.32 Å². The third-order valence-corrected chi connectivity index (χ3v) is 4.82. The third-order valence-electron chi connectivity index (χ3n) is 2.18. The van der Waals surface area contributed by atoms with Crippen molar-refractivity contribution in [3.63, 3.8) is 0 Å². The summed E-state index contributed by atoms with van der Waals surface area (Å²) < 4.78 is 0.876. The number of nitrogens with one attached hydrogen (secondary N) is 1. The van der Waals surface area contributed by atoms with Crippen molar-refractivity contribution in [1.82, 2.24) is 0 Å². The molecule has 0 saturated carbocycles. The van der Waals surface area contributed by atoms with E-state index in [4.69, 9.17) is 5.11 Å². The lowest BCUT2D eigenvalue weighted by Crippen LogP contribution is -2.09. The van der Waals surface area contributed by atoms with Gasteiger partial charge in [-0.2, -0.15) is 0 Å². The molecule has 2 rings (SSSR count). The first-order chi connectivity index (χ1) is 8.47. The molecule has 2 heterocycles. The van der Waals surface area contributed by atoms with E-state index >= 15 is 0 Å². The lowest BCUT2D eigenvalue weighted by atomic mass is 10.3. The molecule has 18 heavy (non-hydrogen) atoms. The van der Waals surface area contributed by atoms with Crippen molar-refractivity contribution >= 4 is 55.5 Å². The van der Waals surface area contributed by atoms with Gasteiger partial charge in [-0.05, 0) is 40.5 Å². The molecule has 0 radical (unpaired) electrons. The van der Waals surface area contributed by atoms with Gasteiger partial charge in [0, 0.05) is 5.38 Å². The molecule has 0 bridgehead atoms. The number of anilines is 1. The van der Waals surface area contributed by atoms with E-state index in [9.17, 15) is 9.59 Å². The Morgan fingerprint density at radius 3 is 2.61 bits per heavy atom. The minimum atomic E-state index is -0.976. The van der Waals surface area contributed by atoms with Gasteiger partial charge in [0.15, 0.2) is 0 Å². The van der Waals surface area contributed by atoms with E-state index in [2.05, 4.69) is 21.2 Å². The van der Waals surface area contributed by atoms with Crippen molar-refractivity contribution in [1.29, 1.82) is 0 Å². The molecule has 1 amide bonds. The van der Waals surface area contributed by atoms with Gasteiger partial charge in [0.2, 0.25) is 0 Å². The van der Waals surface area contributed by atoms with Crippen molar-refractivity contribution in [2.45, 2.75) is 6.92 Å². The number of amides is 1. The summed E-state index contributed by atoms with van der Waals surface area (Å²) in [5.41, 5.74) is 1.20. The molecule has 4 nitrogen and oxygen atoms in total. The zero-order valence-corrected chi connectivity index (χ0v) is 12.4. The Morgan fingerprint density at radius 1 is 1.39 bits per heavy atom. The van der Waals surface area contributed by atoms with Crippen molar-refractivity contribution in [2.24, 2.45) is 0 Å². The molecule has 2 aromatic heterocycles. The molecular weight excluding hydrogens is 338 g/mol. The molecule has 0 aromatic carbocycles. The molecular formula is C11H8BrNO3S2. The minimum absolute atomic E-state index is 0.241. The molecule has 0 unspecified atom stereocenters. The number of carbonyl (C=O) groups is 2. The van der Waals surface area contributed by atoms with Crippen LogP contribution in [-0.4, -0.2) is 17.0 Å². The average Bonchev–Trinajstić information content (AvgIpc) is 2.85. The number of carboxylic acid groups (broad SMARTS) is 1. The highest BCUT2D eigenvalue weighted by Gasteiger charge is 2.15. The zero-order chi connectivity index (χ0) is 13.3. The van der Waals surface area contributed by atoms with Crippen LogP contribution < -0.4 is 5.32 Å². The zero-order valence-electron chi connectivity index (χ0n) is 9.19. The quantitative estimate of drug-likeness (QED) is 0.888. The largest absolute Gasteiger partial charge is 0.477 e. The minimum Gasteiger partial charge on any atom is -0.477 e. The van der Waals surface area contributed by atoms with Crippen molar-refractivity contribution in [3.8, 4) is 0 Å². The molecule has 7 heteroatoms. The van der Waals surface area contributed by atoms with Crippen LogP contribution in [0.25, 0.3) is 0 Å². The van der Waals surface area contributed by atoms with Crippen LogP contribution in [0.15, 0.2) is 21.3 Å². The highest BCUT2D eigenvalue weighted by molar-refractivity contribution is 9.11. The highest BCUT2D eigenvalue weighted by Crippen LogP contribution is 2.28. The van der Waals surface area contributed by atoms with Gasteiger partial charge >= 0.3 is 5.97 Å². The summed E-state index contributed by atoms with van der Waals surface area (Å²) in [6.45, 7) is 1.71. The van der Waals surface area contributed by atoms with Crippen LogP contribution in [0.5, 0.6) is 0 Å². The number of thiophene rings is 2. The second kappa shape index (κ2) is 5.21. The molecule has 0 fully saturated rings. The molecule has 0 aliphatic carbocycles. The van der Waals surface area contributed by atoms with E-state index in [1.165, 1.54) is 11.3 Å². The van der Waals surface area contributed by atoms with Crippen molar-refractivity contribution in [3.05, 3.63) is 37.3 Å². The van der Waals surface area contributed by atoms with Gasteiger partial charge in [-0.3, -0.25) is 4.79 Å². The number of hydrogen-bond donors (Lipinski definition) is 2. The first-order valence-corrected chi connectivity index (χ1v) is 7.35. The number of carboxylic acids is 1. The highest BCUT2D eigenvalue weighted by atomic mass is 79.9. The molecule has 0 atom stereocenters. The Kier molecular flexibility index (Phi) is 3.84. The Hall–Kier alpha value is -1.18. The van der Waals surface area contributed by atoms with Crippen LogP contribution in [0, 0.1) is 6.92 Å². The molecule has 0 spiro atoms. The van der Waals surface area contributed by atoms with Gasteiger partial charge in [-0.1, -0.05) is 0 Å². The Labute approximate surface area is 119 Å². The van der Waals surface area contributed by atoms with E-state index in [1.807, 2.05) is 0 Å². The average molecular weight is 346 g/mol. The number of hydrogen-bond acceptors (Lipinski definition) is 4. The topological polar surface area (TPSA) is 66.4 Å². The Morgan fingerprint density at radius 2 is 2.11 bits per heavy atom. The van der Waals surface area contributed by atoms with E-state index < -0.39 is 5.97 Å². The van der Waals surface area contributed by atoms with Crippen LogP contribution in [0.3, 0.4) is 0 Å². The van der Waals surface area contributed by atoms with Gasteiger partial charge in [-0.25, -0.2) is 4.79 Å². The van der Waals surface area contributed by atoms with Crippen LogP contribution in [0.1, 0.15) is 25.6 Å². The molecule has 94 valence electrons. The molecule has 0 aliphatic heterocycles. The summed E-state index contributed by atoms with van der Waals surface area (Å²) in [6.07, 6.45) is 0. The maximum Gasteiger partial charge on any atom is 0.346 e. The van der Waals surface area contributed by atoms with Gasteiger partial charge in [-0.15, -0.1) is 22.7 Å². The van der Waals surface area contributed by atoms with Gasteiger partial charge in [0.1, 0.15) is 4.88 Å². The summed E-state index contributed by atoms with van der Waals surface area (Å²) in [6, 6.07) is 3.38.